The fraction of sp³-hybridized carbons (Fsp3) is 0.333. The molecule has 106 valence electrons. The van der Waals surface area contributed by atoms with E-state index in [2.05, 4.69) is 26.0 Å². The van der Waals surface area contributed by atoms with E-state index in [0.717, 1.165) is 23.3 Å². The van der Waals surface area contributed by atoms with Crippen LogP contribution in [0.15, 0.2) is 42.5 Å². The largest absolute Gasteiger partial charge is 0.490 e. The molecular formula is C18H22O2. The van der Waals surface area contributed by atoms with Gasteiger partial charge in [-0.25, -0.2) is 0 Å². The quantitative estimate of drug-likeness (QED) is 0.890. The molecule has 2 aromatic carbocycles. The van der Waals surface area contributed by atoms with E-state index in [4.69, 9.17) is 4.74 Å². The van der Waals surface area contributed by atoms with Crippen molar-refractivity contribution < 1.29 is 9.84 Å². The van der Waals surface area contributed by atoms with Gasteiger partial charge in [0.25, 0.3) is 0 Å². The van der Waals surface area contributed by atoms with Crippen LogP contribution in [-0.2, 0) is 6.42 Å². The summed E-state index contributed by atoms with van der Waals surface area (Å²) < 4.78 is 5.78. The maximum Gasteiger partial charge on any atom is 0.122 e. The van der Waals surface area contributed by atoms with Crippen molar-refractivity contribution in [2.45, 2.75) is 33.3 Å². The molecule has 0 fully saturated rings. The highest BCUT2D eigenvalue weighted by molar-refractivity contribution is 5.34. The van der Waals surface area contributed by atoms with Gasteiger partial charge in [0.1, 0.15) is 18.5 Å². The summed E-state index contributed by atoms with van der Waals surface area (Å²) in [4.78, 5) is 0. The van der Waals surface area contributed by atoms with E-state index in [-0.39, 0.29) is 6.61 Å². The van der Waals surface area contributed by atoms with Gasteiger partial charge in [-0.1, -0.05) is 48.9 Å². The molecule has 0 aromatic heterocycles. The minimum atomic E-state index is -0.597. The number of aliphatic hydroxyl groups is 1. The van der Waals surface area contributed by atoms with Gasteiger partial charge in [0.05, 0.1) is 0 Å². The molecule has 0 aliphatic rings. The van der Waals surface area contributed by atoms with Crippen LogP contribution in [-0.4, -0.2) is 11.7 Å². The lowest BCUT2D eigenvalue weighted by atomic mass is 10.0. The lowest BCUT2D eigenvalue weighted by Crippen LogP contribution is -2.11. The number of aliphatic hydroxyl groups excluding tert-OH is 1. The summed E-state index contributed by atoms with van der Waals surface area (Å²) in [7, 11) is 0. The molecule has 1 unspecified atom stereocenters. The van der Waals surface area contributed by atoms with Gasteiger partial charge < -0.3 is 9.84 Å². The van der Waals surface area contributed by atoms with Crippen LogP contribution in [0.25, 0.3) is 0 Å². The van der Waals surface area contributed by atoms with Crippen LogP contribution in [0.3, 0.4) is 0 Å². The molecule has 0 saturated carbocycles. The molecule has 0 amide bonds. The van der Waals surface area contributed by atoms with E-state index in [1.54, 1.807) is 0 Å². The van der Waals surface area contributed by atoms with Gasteiger partial charge >= 0.3 is 0 Å². The zero-order valence-electron chi connectivity index (χ0n) is 12.4. The number of ether oxygens (including phenoxy) is 1. The van der Waals surface area contributed by atoms with E-state index in [9.17, 15) is 5.11 Å². The minimum absolute atomic E-state index is 0.279. The third-order valence-corrected chi connectivity index (χ3v) is 3.53. The lowest BCUT2D eigenvalue weighted by Gasteiger charge is -2.16. The number of para-hydroxylation sites is 1. The zero-order valence-corrected chi connectivity index (χ0v) is 12.4. The Labute approximate surface area is 121 Å². The van der Waals surface area contributed by atoms with Crippen molar-refractivity contribution in [3.05, 3.63) is 64.7 Å². The van der Waals surface area contributed by atoms with Crippen LogP contribution >= 0.6 is 0 Å². The van der Waals surface area contributed by atoms with Crippen molar-refractivity contribution >= 4 is 0 Å². The monoisotopic (exact) mass is 270 g/mol. The van der Waals surface area contributed by atoms with Gasteiger partial charge in [-0.3, -0.25) is 0 Å². The van der Waals surface area contributed by atoms with Gasteiger partial charge in [-0.15, -0.1) is 0 Å². The number of rotatable bonds is 5. The van der Waals surface area contributed by atoms with Crippen LogP contribution < -0.4 is 4.74 Å². The summed E-state index contributed by atoms with van der Waals surface area (Å²) in [6, 6.07) is 14.0. The molecule has 2 aromatic rings. The molecule has 20 heavy (non-hydrogen) atoms. The number of hydrogen-bond acceptors (Lipinski definition) is 2. The van der Waals surface area contributed by atoms with E-state index in [1.165, 1.54) is 11.1 Å². The Bertz CT molecular complexity index is 575. The Morgan fingerprint density at radius 1 is 1.10 bits per heavy atom. The van der Waals surface area contributed by atoms with Crippen molar-refractivity contribution in [1.29, 1.82) is 0 Å². The molecule has 1 atom stereocenters. The fourth-order valence-electron chi connectivity index (χ4n) is 2.39. The molecule has 0 radical (unpaired) electrons. The van der Waals surface area contributed by atoms with Gasteiger partial charge in [0, 0.05) is 0 Å². The highest BCUT2D eigenvalue weighted by atomic mass is 16.5. The second-order valence-corrected chi connectivity index (χ2v) is 5.15. The number of benzene rings is 2. The molecule has 2 nitrogen and oxygen atoms in total. The highest BCUT2D eigenvalue weighted by Gasteiger charge is 2.12. The Hall–Kier alpha value is -1.80. The molecule has 2 heteroatoms. The average molecular weight is 270 g/mol. The van der Waals surface area contributed by atoms with E-state index < -0.39 is 6.10 Å². The maximum atomic E-state index is 10.3. The van der Waals surface area contributed by atoms with Crippen molar-refractivity contribution in [2.24, 2.45) is 0 Å². The normalized spacial score (nSPS) is 12.2. The predicted molar refractivity (Wildman–Crippen MR) is 82.2 cm³/mol. The van der Waals surface area contributed by atoms with Crippen LogP contribution in [0.4, 0.5) is 0 Å². The van der Waals surface area contributed by atoms with Crippen LogP contribution in [0, 0.1) is 13.8 Å². The Kier molecular flexibility index (Phi) is 4.80. The molecule has 0 aliphatic heterocycles. The van der Waals surface area contributed by atoms with Crippen molar-refractivity contribution in [3.8, 4) is 5.75 Å². The topological polar surface area (TPSA) is 29.5 Å². The second-order valence-electron chi connectivity index (χ2n) is 5.15. The molecule has 0 heterocycles. The third-order valence-electron chi connectivity index (χ3n) is 3.53. The molecule has 0 bridgehead atoms. The van der Waals surface area contributed by atoms with Crippen molar-refractivity contribution in [1.82, 2.24) is 0 Å². The molecule has 0 spiro atoms. The van der Waals surface area contributed by atoms with Crippen LogP contribution in [0.5, 0.6) is 5.75 Å². The minimum Gasteiger partial charge on any atom is -0.490 e. The summed E-state index contributed by atoms with van der Waals surface area (Å²) in [5.74, 6) is 0.860. The van der Waals surface area contributed by atoms with Gasteiger partial charge in [0.2, 0.25) is 0 Å². The smallest absolute Gasteiger partial charge is 0.122 e. The number of hydrogen-bond donors (Lipinski definition) is 1. The molecule has 0 aliphatic carbocycles. The molecule has 1 N–H and O–H groups in total. The second kappa shape index (κ2) is 6.58. The van der Waals surface area contributed by atoms with Gasteiger partial charge in [0.15, 0.2) is 0 Å². The summed E-state index contributed by atoms with van der Waals surface area (Å²) in [5.41, 5.74) is 4.41. The van der Waals surface area contributed by atoms with Crippen LogP contribution in [0.1, 0.15) is 35.3 Å². The Morgan fingerprint density at radius 2 is 1.85 bits per heavy atom. The lowest BCUT2D eigenvalue weighted by molar-refractivity contribution is 0.107. The molecular weight excluding hydrogens is 248 g/mol. The maximum absolute atomic E-state index is 10.3. The zero-order chi connectivity index (χ0) is 14.5. The van der Waals surface area contributed by atoms with Gasteiger partial charge in [-0.05, 0) is 43.0 Å². The fourth-order valence-corrected chi connectivity index (χ4v) is 2.39. The summed E-state index contributed by atoms with van der Waals surface area (Å²) >= 11 is 0. The average Bonchev–Trinajstić information content (AvgIpc) is 2.45. The highest BCUT2D eigenvalue weighted by Crippen LogP contribution is 2.23. The Morgan fingerprint density at radius 3 is 2.55 bits per heavy atom. The SMILES string of the molecule is CCc1ccccc1OCC(O)c1ccc(C)cc1C. The van der Waals surface area contributed by atoms with E-state index >= 15 is 0 Å². The van der Waals surface area contributed by atoms with Crippen LogP contribution in [0.2, 0.25) is 0 Å². The van der Waals surface area contributed by atoms with Crippen molar-refractivity contribution in [2.75, 3.05) is 6.61 Å². The summed E-state index contributed by atoms with van der Waals surface area (Å²) in [6.07, 6.45) is 0.330. The Balaban J connectivity index is 2.06. The first-order valence-electron chi connectivity index (χ1n) is 7.07. The first-order chi connectivity index (χ1) is 9.61. The van der Waals surface area contributed by atoms with E-state index in [1.807, 2.05) is 37.3 Å². The summed E-state index contributed by atoms with van der Waals surface area (Å²) in [5, 5.41) is 10.3. The first kappa shape index (κ1) is 14.6. The number of aryl methyl sites for hydroxylation is 3. The third kappa shape index (κ3) is 3.40. The molecule has 2 rings (SSSR count). The standard InChI is InChI=1S/C18H22O2/c1-4-15-7-5-6-8-18(15)20-12-17(19)16-10-9-13(2)11-14(16)3/h5-11,17,19H,4,12H2,1-3H3. The first-order valence-corrected chi connectivity index (χ1v) is 7.07. The van der Waals surface area contributed by atoms with E-state index in [0.29, 0.717) is 0 Å². The van der Waals surface area contributed by atoms with Crippen molar-refractivity contribution in [3.63, 3.8) is 0 Å². The summed E-state index contributed by atoms with van der Waals surface area (Å²) in [6.45, 7) is 6.45. The predicted octanol–water partition coefficient (Wildman–Crippen LogP) is 3.98. The van der Waals surface area contributed by atoms with Gasteiger partial charge in [-0.2, -0.15) is 0 Å². The molecule has 0 saturated heterocycles.